The van der Waals surface area contributed by atoms with Crippen molar-refractivity contribution >= 4 is 68.8 Å². The van der Waals surface area contributed by atoms with Crippen molar-refractivity contribution in [3.63, 3.8) is 0 Å². The molecular formula is C62H56Ir3N10-6. The number of hydrogen-bond acceptors (Lipinski definition) is 10. The van der Waals surface area contributed by atoms with E-state index in [0.717, 1.165) is 57.4 Å². The summed E-state index contributed by atoms with van der Waals surface area (Å²) in [6.45, 7) is 19.5. The van der Waals surface area contributed by atoms with Gasteiger partial charge in [-0.25, -0.2) is 19.9 Å². The largest absolute Gasteiger partial charge is 0.492 e. The molecule has 75 heavy (non-hydrogen) atoms. The van der Waals surface area contributed by atoms with Crippen LogP contribution in [0, 0.1) is 38.2 Å². The first-order chi connectivity index (χ1) is 35.3. The van der Waals surface area contributed by atoms with Crippen LogP contribution in [0.4, 0.5) is 68.8 Å². The molecule has 3 radical (unpaired) electrons. The topological polar surface area (TPSA) is 71.0 Å². The second kappa shape index (κ2) is 25.8. The van der Waals surface area contributed by atoms with Crippen molar-refractivity contribution in [3.05, 3.63) is 250 Å². The molecule has 0 spiro atoms. The van der Waals surface area contributed by atoms with Crippen LogP contribution in [0.25, 0.3) is 0 Å². The van der Waals surface area contributed by atoms with Gasteiger partial charge in [0.1, 0.15) is 23.3 Å². The number of benzene rings is 6. The Kier molecular flexibility index (Phi) is 19.3. The molecule has 0 atom stereocenters. The average molecular weight is 1520 g/mol. The SMILES string of the molecule is CC(C)c1ccccc1N1[CH-]N(c2[c-]cccc2)c2cccnc21.CC(C)c1ccccc1N1[CH-]N(c2[c-]cccc2)c2ncccc21.CC(C)c1ccccc1N1[CH-]N(c2[c-]cccc2)c2nccnc21.[Ir].[Ir].[Ir]. The van der Waals surface area contributed by atoms with Crippen molar-refractivity contribution in [2.24, 2.45) is 0 Å². The van der Waals surface area contributed by atoms with Gasteiger partial charge in [0.25, 0.3) is 0 Å². The van der Waals surface area contributed by atoms with E-state index in [1.807, 2.05) is 103 Å². The first-order valence-corrected chi connectivity index (χ1v) is 24.4. The van der Waals surface area contributed by atoms with E-state index in [9.17, 15) is 0 Å². The maximum atomic E-state index is 4.63. The molecule has 0 unspecified atom stereocenters. The minimum atomic E-state index is 0. The van der Waals surface area contributed by atoms with Gasteiger partial charge in [-0.2, -0.15) is 91.0 Å². The zero-order valence-electron chi connectivity index (χ0n) is 42.4. The fourth-order valence-corrected chi connectivity index (χ4v) is 9.15. The van der Waals surface area contributed by atoms with Crippen LogP contribution in [0.3, 0.4) is 0 Å². The van der Waals surface area contributed by atoms with Crippen LogP contribution in [-0.4, -0.2) is 19.9 Å². The van der Waals surface area contributed by atoms with Crippen LogP contribution in [0.5, 0.6) is 0 Å². The van der Waals surface area contributed by atoms with Crippen LogP contribution in [0.15, 0.2) is 195 Å². The van der Waals surface area contributed by atoms with Gasteiger partial charge in [0.15, 0.2) is 0 Å². The van der Waals surface area contributed by atoms with E-state index in [-0.39, 0.29) is 60.3 Å². The molecule has 0 saturated heterocycles. The molecule has 387 valence electrons. The Morgan fingerprint density at radius 2 is 0.613 bits per heavy atom. The molecule has 0 N–H and O–H groups in total. The van der Waals surface area contributed by atoms with E-state index >= 15 is 0 Å². The molecule has 0 bridgehead atoms. The predicted octanol–water partition coefficient (Wildman–Crippen LogP) is 15.6. The number of nitrogens with zero attached hydrogens (tertiary/aromatic N) is 10. The minimum Gasteiger partial charge on any atom is -0.492 e. The minimum absolute atomic E-state index is 0. The third kappa shape index (κ3) is 12.0. The molecule has 12 rings (SSSR count). The summed E-state index contributed by atoms with van der Waals surface area (Å²) in [7, 11) is 0. The van der Waals surface area contributed by atoms with Gasteiger partial charge in [0.05, 0.1) is 11.4 Å². The van der Waals surface area contributed by atoms with Crippen LogP contribution in [0.1, 0.15) is 76.0 Å². The van der Waals surface area contributed by atoms with Crippen molar-refractivity contribution in [2.45, 2.75) is 59.3 Å². The standard InChI is InChI=1S/2C21H19N3.C20H18N4.3Ir/c1-16(2)18-11-6-7-12-19(18)24-15-23(17-9-4-3-5-10-17)21-20(24)13-8-14-22-21;1-16(2)18-11-6-7-12-19(18)24-15-23(17-9-4-3-5-10-17)20-13-8-14-22-21(20)24;1-15(2)17-10-6-7-11-18(17)24-14-23(16-8-4-3-5-9-16)19-20(24)22-13-12-21-19;;;/h2*3-9,11-16H,1-2H3;3-8,10-15H,1-2H3;;;/q3*-2;;;. The second-order valence-corrected chi connectivity index (χ2v) is 18.3. The normalized spacial score (nSPS) is 12.9. The van der Waals surface area contributed by atoms with Crippen molar-refractivity contribution in [1.82, 2.24) is 19.9 Å². The Morgan fingerprint density at radius 3 is 1.05 bits per heavy atom. The maximum Gasteiger partial charge on any atom is 0.145 e. The Bertz CT molecular complexity index is 2890. The summed E-state index contributed by atoms with van der Waals surface area (Å²) >= 11 is 0. The molecule has 3 aromatic heterocycles. The summed E-state index contributed by atoms with van der Waals surface area (Å²) in [6, 6.07) is 67.4. The van der Waals surface area contributed by atoms with Crippen molar-refractivity contribution in [2.75, 3.05) is 29.4 Å². The summed E-state index contributed by atoms with van der Waals surface area (Å²) < 4.78 is 0. The summed E-state index contributed by atoms with van der Waals surface area (Å²) in [5, 5.41) is 0. The number of aromatic nitrogens is 4. The molecule has 6 aromatic carbocycles. The number of anilines is 12. The third-order valence-corrected chi connectivity index (χ3v) is 12.6. The molecular weight excluding hydrogens is 1460 g/mol. The zero-order chi connectivity index (χ0) is 49.6. The first-order valence-electron chi connectivity index (χ1n) is 24.4. The quantitative estimate of drug-likeness (QED) is 0.131. The number of hydrogen-bond donors (Lipinski definition) is 0. The van der Waals surface area contributed by atoms with E-state index in [0.29, 0.717) is 17.8 Å². The van der Waals surface area contributed by atoms with Crippen molar-refractivity contribution in [1.29, 1.82) is 0 Å². The number of rotatable bonds is 9. The zero-order valence-corrected chi connectivity index (χ0v) is 49.6. The Hall–Kier alpha value is -6.55. The van der Waals surface area contributed by atoms with Crippen LogP contribution < -0.4 is 29.4 Å². The molecule has 3 aliphatic heterocycles. The van der Waals surface area contributed by atoms with Gasteiger partial charge in [0.2, 0.25) is 0 Å². The fourth-order valence-electron chi connectivity index (χ4n) is 9.15. The summed E-state index contributed by atoms with van der Waals surface area (Å²) in [4.78, 5) is 31.1. The Labute approximate surface area is 483 Å². The van der Waals surface area contributed by atoms with Gasteiger partial charge in [-0.3, -0.25) is 0 Å². The monoisotopic (exact) mass is 1520 g/mol. The van der Waals surface area contributed by atoms with Crippen LogP contribution in [0.2, 0.25) is 0 Å². The Balaban J connectivity index is 0.000000161. The van der Waals surface area contributed by atoms with Gasteiger partial charge in [-0.05, 0) is 76.9 Å². The van der Waals surface area contributed by atoms with E-state index < -0.39 is 0 Å². The molecule has 6 heterocycles. The fraction of sp³-hybridized carbons (Fsp3) is 0.145. The molecule has 0 fully saturated rings. The van der Waals surface area contributed by atoms with Gasteiger partial charge >= 0.3 is 0 Å². The summed E-state index contributed by atoms with van der Waals surface area (Å²) in [5.74, 6) is 4.85. The first kappa shape index (κ1) is 56.2. The summed E-state index contributed by atoms with van der Waals surface area (Å²) in [5.41, 5.74) is 12.5. The molecule has 0 amide bonds. The number of fused-ring (bicyclic) bond motifs is 3. The van der Waals surface area contributed by atoms with E-state index in [2.05, 4.69) is 209 Å². The van der Waals surface area contributed by atoms with Crippen LogP contribution >= 0.6 is 0 Å². The van der Waals surface area contributed by atoms with E-state index in [4.69, 9.17) is 0 Å². The smallest absolute Gasteiger partial charge is 0.145 e. The van der Waals surface area contributed by atoms with Crippen LogP contribution in [-0.2, 0) is 60.3 Å². The number of pyridine rings is 2. The molecule has 0 aliphatic carbocycles. The molecule has 10 nitrogen and oxygen atoms in total. The van der Waals surface area contributed by atoms with Crippen molar-refractivity contribution in [3.8, 4) is 0 Å². The van der Waals surface area contributed by atoms with Gasteiger partial charge in [-0.1, -0.05) is 96.1 Å². The summed E-state index contributed by atoms with van der Waals surface area (Å²) in [6.07, 6.45) is 7.13. The Morgan fingerprint density at radius 1 is 0.307 bits per heavy atom. The third-order valence-electron chi connectivity index (χ3n) is 12.6. The second-order valence-electron chi connectivity index (χ2n) is 18.3. The molecule has 0 saturated carbocycles. The van der Waals surface area contributed by atoms with Gasteiger partial charge in [0, 0.05) is 102 Å². The molecule has 13 heteroatoms. The maximum absolute atomic E-state index is 4.63. The predicted molar refractivity (Wildman–Crippen MR) is 294 cm³/mol. The van der Waals surface area contributed by atoms with Gasteiger partial charge < -0.3 is 29.4 Å². The molecule has 9 aromatic rings. The van der Waals surface area contributed by atoms with Gasteiger partial charge in [-0.15, -0.1) is 37.1 Å². The van der Waals surface area contributed by atoms with E-state index in [1.165, 1.54) is 28.1 Å². The average Bonchev–Trinajstić information content (AvgIpc) is 4.15. The molecule has 3 aliphatic rings. The number of para-hydroxylation sites is 6. The van der Waals surface area contributed by atoms with Crippen molar-refractivity contribution < 1.29 is 60.3 Å². The van der Waals surface area contributed by atoms with E-state index in [1.54, 1.807) is 12.4 Å².